The second-order valence-electron chi connectivity index (χ2n) is 7.06. The lowest BCUT2D eigenvalue weighted by atomic mass is 9.91. The summed E-state index contributed by atoms with van der Waals surface area (Å²) in [6.45, 7) is 0. The minimum absolute atomic E-state index is 0.0234. The monoisotopic (exact) mass is 381 g/mol. The van der Waals surface area contributed by atoms with E-state index in [1.807, 2.05) is 25.2 Å². The molecule has 10 heteroatoms. The predicted octanol–water partition coefficient (Wildman–Crippen LogP) is 1.28. The fraction of sp³-hybridized carbons (Fsp3) is 0.389. The van der Waals surface area contributed by atoms with Crippen molar-refractivity contribution in [3.8, 4) is 0 Å². The predicted molar refractivity (Wildman–Crippen MR) is 106 cm³/mol. The van der Waals surface area contributed by atoms with Crippen LogP contribution in [0.4, 0.5) is 17.5 Å². The number of nitrogens with zero attached hydrogens (tertiary/aromatic N) is 5. The number of anilines is 3. The highest BCUT2D eigenvalue weighted by Crippen LogP contribution is 2.24. The van der Waals surface area contributed by atoms with Crippen LogP contribution in [0.1, 0.15) is 36.2 Å². The zero-order valence-corrected chi connectivity index (χ0v) is 15.6. The van der Waals surface area contributed by atoms with Gasteiger partial charge in [0.1, 0.15) is 0 Å². The molecule has 0 spiro atoms. The third kappa shape index (κ3) is 3.58. The van der Waals surface area contributed by atoms with Crippen molar-refractivity contribution in [3.05, 3.63) is 30.1 Å². The number of hydrogen-bond donors (Lipinski definition) is 4. The Hall–Kier alpha value is -3.27. The molecular weight excluding hydrogens is 358 g/mol. The van der Waals surface area contributed by atoms with Crippen molar-refractivity contribution >= 4 is 34.3 Å². The molecule has 0 aliphatic heterocycles. The molecule has 3 aromatic rings. The third-order valence-corrected chi connectivity index (χ3v) is 5.06. The summed E-state index contributed by atoms with van der Waals surface area (Å²) in [5.41, 5.74) is 13.3. The fourth-order valence-electron chi connectivity index (χ4n) is 3.52. The Balaban J connectivity index is 1.62. The van der Waals surface area contributed by atoms with Gasteiger partial charge in [0.15, 0.2) is 11.5 Å². The van der Waals surface area contributed by atoms with Crippen molar-refractivity contribution in [1.29, 1.82) is 0 Å². The number of nitrogens with one attached hydrogen (secondary N) is 2. The van der Waals surface area contributed by atoms with Gasteiger partial charge in [-0.25, -0.2) is 0 Å². The van der Waals surface area contributed by atoms with Crippen molar-refractivity contribution in [3.63, 3.8) is 0 Å². The van der Waals surface area contributed by atoms with E-state index in [1.165, 1.54) is 0 Å². The highest BCUT2D eigenvalue weighted by Gasteiger charge is 2.23. The number of fused-ring (bicyclic) bond motifs is 1. The molecule has 1 amide bonds. The van der Waals surface area contributed by atoms with Gasteiger partial charge in [-0.3, -0.25) is 9.48 Å². The van der Waals surface area contributed by atoms with Crippen molar-refractivity contribution in [2.75, 3.05) is 10.6 Å². The number of carbonyl (C=O) groups excluding carboxylic acids is 1. The molecule has 0 unspecified atom stereocenters. The quantitative estimate of drug-likeness (QED) is 0.516. The number of primary amides is 1. The lowest BCUT2D eigenvalue weighted by Crippen LogP contribution is -2.43. The zero-order valence-electron chi connectivity index (χ0n) is 15.6. The van der Waals surface area contributed by atoms with Crippen LogP contribution in [-0.4, -0.2) is 43.0 Å². The van der Waals surface area contributed by atoms with E-state index in [0.29, 0.717) is 5.95 Å². The molecule has 1 saturated carbocycles. The molecule has 2 heterocycles. The van der Waals surface area contributed by atoms with Crippen LogP contribution in [0.2, 0.25) is 0 Å². The first-order valence-electron chi connectivity index (χ1n) is 9.26. The molecule has 28 heavy (non-hydrogen) atoms. The molecule has 1 fully saturated rings. The second-order valence-corrected chi connectivity index (χ2v) is 7.06. The van der Waals surface area contributed by atoms with E-state index in [1.54, 1.807) is 10.9 Å². The number of carbonyl (C=O) groups is 1. The Bertz CT molecular complexity index is 1020. The van der Waals surface area contributed by atoms with E-state index in [4.69, 9.17) is 11.5 Å². The van der Waals surface area contributed by atoms with Crippen molar-refractivity contribution in [1.82, 2.24) is 25.0 Å². The van der Waals surface area contributed by atoms with Gasteiger partial charge in [0, 0.05) is 30.2 Å². The highest BCUT2D eigenvalue weighted by atomic mass is 16.1. The van der Waals surface area contributed by atoms with Gasteiger partial charge in [-0.15, -0.1) is 10.2 Å². The third-order valence-electron chi connectivity index (χ3n) is 5.06. The van der Waals surface area contributed by atoms with Gasteiger partial charge in [0.05, 0.1) is 11.7 Å². The molecule has 1 aliphatic carbocycles. The van der Waals surface area contributed by atoms with E-state index in [-0.39, 0.29) is 23.6 Å². The van der Waals surface area contributed by atoms with Gasteiger partial charge in [0.25, 0.3) is 5.91 Å². The van der Waals surface area contributed by atoms with Crippen LogP contribution < -0.4 is 22.1 Å². The van der Waals surface area contributed by atoms with Gasteiger partial charge >= 0.3 is 0 Å². The molecule has 0 saturated heterocycles. The van der Waals surface area contributed by atoms with Crippen LogP contribution in [0.3, 0.4) is 0 Å². The maximum Gasteiger partial charge on any atom is 0.273 e. The number of hydrogen-bond acceptors (Lipinski definition) is 8. The maximum absolute atomic E-state index is 11.8. The average Bonchev–Trinajstić information content (AvgIpc) is 3.04. The number of benzene rings is 1. The number of aryl methyl sites for hydroxylation is 1. The summed E-state index contributed by atoms with van der Waals surface area (Å²) in [5.74, 6) is -0.138. The van der Waals surface area contributed by atoms with Crippen molar-refractivity contribution < 1.29 is 4.79 Å². The highest BCUT2D eigenvalue weighted by molar-refractivity contribution is 5.96. The molecule has 2 atom stereocenters. The second kappa shape index (κ2) is 7.39. The summed E-state index contributed by atoms with van der Waals surface area (Å²) in [5, 5.41) is 19.5. The Morgan fingerprint density at radius 3 is 2.86 bits per heavy atom. The first kappa shape index (κ1) is 18.1. The lowest BCUT2D eigenvalue weighted by Gasteiger charge is -2.29. The van der Waals surface area contributed by atoms with Crippen LogP contribution in [0.15, 0.2) is 24.4 Å². The lowest BCUT2D eigenvalue weighted by molar-refractivity contribution is 0.0995. The zero-order chi connectivity index (χ0) is 19.7. The molecule has 6 N–H and O–H groups in total. The van der Waals surface area contributed by atoms with Gasteiger partial charge in [-0.2, -0.15) is 10.1 Å². The normalized spacial score (nSPS) is 19.5. The van der Waals surface area contributed by atoms with Crippen LogP contribution in [0.25, 0.3) is 10.9 Å². The van der Waals surface area contributed by atoms with E-state index < -0.39 is 5.91 Å². The largest absolute Gasteiger partial charge is 0.364 e. The maximum atomic E-state index is 11.8. The number of aromatic nitrogens is 5. The Morgan fingerprint density at radius 1 is 1.25 bits per heavy atom. The van der Waals surface area contributed by atoms with Crippen LogP contribution in [0, 0.1) is 0 Å². The minimum Gasteiger partial charge on any atom is -0.364 e. The number of rotatable bonds is 5. The molecular formula is C18H23N9O. The molecule has 146 valence electrons. The summed E-state index contributed by atoms with van der Waals surface area (Å²) in [6, 6.07) is 5.84. The Labute approximate surface area is 161 Å². The first-order chi connectivity index (χ1) is 13.5. The standard InChI is InChI=1S/C18H23N9O/c1-27-14-7-6-11(8-10(14)9-21-27)22-17-15(16(20)28)25-26-18(24-17)23-13-5-3-2-4-12(13)19/h6-9,12-13H,2-5,19H2,1H3,(H2,20,28)(H2,22,23,24,26)/t12-,13+/m0/s1. The molecule has 4 rings (SSSR count). The molecule has 1 aromatic carbocycles. The fourth-order valence-corrected chi connectivity index (χ4v) is 3.52. The van der Waals surface area contributed by atoms with Gasteiger partial charge in [-0.1, -0.05) is 12.8 Å². The van der Waals surface area contributed by atoms with Crippen LogP contribution in [-0.2, 0) is 7.05 Å². The molecule has 1 aliphatic rings. The number of nitrogens with two attached hydrogens (primary N) is 2. The summed E-state index contributed by atoms with van der Waals surface area (Å²) in [6.07, 6.45) is 5.91. The average molecular weight is 381 g/mol. The summed E-state index contributed by atoms with van der Waals surface area (Å²) >= 11 is 0. The Morgan fingerprint density at radius 2 is 2.07 bits per heavy atom. The summed E-state index contributed by atoms with van der Waals surface area (Å²) < 4.78 is 1.79. The topological polar surface area (TPSA) is 150 Å². The van der Waals surface area contributed by atoms with Gasteiger partial charge in [0.2, 0.25) is 5.95 Å². The molecule has 0 radical (unpaired) electrons. The SMILES string of the molecule is Cn1ncc2cc(Nc3nc(N[C@@H]4CCCC[C@@H]4N)nnc3C(N)=O)ccc21. The molecule has 10 nitrogen and oxygen atoms in total. The molecule has 2 aromatic heterocycles. The van der Waals surface area contributed by atoms with Crippen LogP contribution in [0.5, 0.6) is 0 Å². The van der Waals surface area contributed by atoms with E-state index in [0.717, 1.165) is 42.3 Å². The van der Waals surface area contributed by atoms with Crippen LogP contribution >= 0.6 is 0 Å². The summed E-state index contributed by atoms with van der Waals surface area (Å²) in [7, 11) is 1.88. The smallest absolute Gasteiger partial charge is 0.273 e. The Kier molecular flexibility index (Phi) is 4.78. The molecule has 0 bridgehead atoms. The van der Waals surface area contributed by atoms with E-state index in [9.17, 15) is 4.79 Å². The van der Waals surface area contributed by atoms with Crippen molar-refractivity contribution in [2.24, 2.45) is 18.5 Å². The van der Waals surface area contributed by atoms with E-state index >= 15 is 0 Å². The number of amides is 1. The van der Waals surface area contributed by atoms with Gasteiger partial charge < -0.3 is 22.1 Å². The van der Waals surface area contributed by atoms with E-state index in [2.05, 4.69) is 30.9 Å². The minimum atomic E-state index is -0.703. The van der Waals surface area contributed by atoms with Gasteiger partial charge in [-0.05, 0) is 31.0 Å². The first-order valence-corrected chi connectivity index (χ1v) is 9.26. The van der Waals surface area contributed by atoms with Crippen molar-refractivity contribution in [2.45, 2.75) is 37.8 Å². The summed E-state index contributed by atoms with van der Waals surface area (Å²) in [4.78, 5) is 16.2.